The number of rotatable bonds is 4. The summed E-state index contributed by atoms with van der Waals surface area (Å²) in [5.74, 6) is -0.822. The Balaban J connectivity index is 1.79. The first kappa shape index (κ1) is 20.5. The van der Waals surface area contributed by atoms with Gasteiger partial charge in [0.15, 0.2) is 5.58 Å². The number of nitrogens with zero attached hydrogens (tertiary/aromatic N) is 2. The van der Waals surface area contributed by atoms with Gasteiger partial charge in [0.05, 0.1) is 5.52 Å². The lowest BCUT2D eigenvalue weighted by Gasteiger charge is -2.13. The molecule has 9 heteroatoms. The van der Waals surface area contributed by atoms with Crippen molar-refractivity contribution >= 4 is 11.1 Å². The van der Waals surface area contributed by atoms with E-state index >= 15 is 0 Å². The van der Waals surface area contributed by atoms with E-state index in [1.807, 2.05) is 6.92 Å². The highest BCUT2D eigenvalue weighted by Gasteiger charge is 2.31. The minimum atomic E-state index is -4.79. The summed E-state index contributed by atoms with van der Waals surface area (Å²) in [6, 6.07) is 11.8. The molecule has 2 aromatic heterocycles. The lowest BCUT2D eigenvalue weighted by atomic mass is 10.0. The standard InChI is InChI=1S/C22H17F3N2O4/c1-3-26-18-11-14(4-9-19(18)30-21(26)29)17-12-27(20(28)10-13(17)2)15-5-7-16(8-6-15)31-22(23,24)25/h4-12H,3H2,1-2H3. The Hall–Kier alpha value is -3.75. The molecule has 0 unspecified atom stereocenters. The van der Waals surface area contributed by atoms with Gasteiger partial charge in [0.1, 0.15) is 5.75 Å². The molecule has 160 valence electrons. The van der Waals surface area contributed by atoms with Gasteiger partial charge in [0.25, 0.3) is 5.56 Å². The van der Waals surface area contributed by atoms with E-state index in [-0.39, 0.29) is 11.3 Å². The van der Waals surface area contributed by atoms with Crippen molar-refractivity contribution in [1.29, 1.82) is 0 Å². The number of aryl methyl sites for hydroxylation is 2. The third-order valence-electron chi connectivity index (χ3n) is 4.90. The predicted molar refractivity (Wildman–Crippen MR) is 109 cm³/mol. The maximum atomic E-state index is 12.5. The Morgan fingerprint density at radius 3 is 2.39 bits per heavy atom. The highest BCUT2D eigenvalue weighted by molar-refractivity contribution is 5.81. The SMILES string of the molecule is CCn1c(=O)oc2ccc(-c3cn(-c4ccc(OC(F)(F)F)cc4)c(=O)cc3C)cc21. The maximum absolute atomic E-state index is 12.5. The Kier molecular flexibility index (Phi) is 4.96. The molecule has 0 spiro atoms. The first-order valence-electron chi connectivity index (χ1n) is 9.39. The number of ether oxygens (including phenoxy) is 1. The van der Waals surface area contributed by atoms with Crippen molar-refractivity contribution in [3.63, 3.8) is 0 Å². The van der Waals surface area contributed by atoms with Gasteiger partial charge in [-0.1, -0.05) is 6.07 Å². The Labute approximate surface area is 173 Å². The molecule has 0 bridgehead atoms. The van der Waals surface area contributed by atoms with Gasteiger partial charge in [-0.25, -0.2) is 4.79 Å². The fourth-order valence-electron chi connectivity index (χ4n) is 3.47. The van der Waals surface area contributed by atoms with Crippen LogP contribution in [0.4, 0.5) is 13.2 Å². The van der Waals surface area contributed by atoms with Crippen LogP contribution < -0.4 is 16.1 Å². The zero-order valence-corrected chi connectivity index (χ0v) is 16.6. The van der Waals surface area contributed by atoms with Crippen LogP contribution in [-0.2, 0) is 6.54 Å². The quantitative estimate of drug-likeness (QED) is 0.473. The van der Waals surface area contributed by atoms with Crippen LogP contribution in [-0.4, -0.2) is 15.5 Å². The number of alkyl halides is 3. The second kappa shape index (κ2) is 7.50. The topological polar surface area (TPSA) is 66.4 Å². The van der Waals surface area contributed by atoms with Crippen molar-refractivity contribution in [2.24, 2.45) is 0 Å². The molecule has 0 fully saturated rings. The van der Waals surface area contributed by atoms with Crippen molar-refractivity contribution in [3.05, 3.63) is 81.2 Å². The highest BCUT2D eigenvalue weighted by atomic mass is 19.4. The van der Waals surface area contributed by atoms with E-state index in [4.69, 9.17) is 4.42 Å². The number of hydrogen-bond donors (Lipinski definition) is 0. The number of fused-ring (bicyclic) bond motifs is 1. The van der Waals surface area contributed by atoms with Crippen molar-refractivity contribution in [2.75, 3.05) is 0 Å². The minimum Gasteiger partial charge on any atom is -0.408 e. The zero-order chi connectivity index (χ0) is 22.3. The molecule has 6 nitrogen and oxygen atoms in total. The Morgan fingerprint density at radius 1 is 1.03 bits per heavy atom. The lowest BCUT2D eigenvalue weighted by molar-refractivity contribution is -0.274. The average molecular weight is 430 g/mol. The Bertz CT molecular complexity index is 1380. The fraction of sp³-hybridized carbons (Fsp3) is 0.182. The molecule has 0 N–H and O–H groups in total. The Morgan fingerprint density at radius 2 is 1.74 bits per heavy atom. The molecule has 0 aliphatic carbocycles. The highest BCUT2D eigenvalue weighted by Crippen LogP contribution is 2.28. The number of pyridine rings is 1. The van der Waals surface area contributed by atoms with E-state index < -0.39 is 12.1 Å². The smallest absolute Gasteiger partial charge is 0.408 e. The van der Waals surface area contributed by atoms with Crippen molar-refractivity contribution in [1.82, 2.24) is 9.13 Å². The zero-order valence-electron chi connectivity index (χ0n) is 16.6. The van der Waals surface area contributed by atoms with Crippen LogP contribution in [0.25, 0.3) is 27.9 Å². The fourth-order valence-corrected chi connectivity index (χ4v) is 3.47. The van der Waals surface area contributed by atoms with E-state index in [9.17, 15) is 22.8 Å². The minimum absolute atomic E-state index is 0.333. The monoisotopic (exact) mass is 430 g/mol. The predicted octanol–water partition coefficient (Wildman–Crippen LogP) is 4.64. The molecule has 4 rings (SSSR count). The van der Waals surface area contributed by atoms with Gasteiger partial charge in [-0.05, 0) is 61.4 Å². The summed E-state index contributed by atoms with van der Waals surface area (Å²) in [6.07, 6.45) is -3.17. The molecule has 0 amide bonds. The van der Waals surface area contributed by atoms with E-state index in [2.05, 4.69) is 4.74 Å². The van der Waals surface area contributed by atoms with Crippen LogP contribution in [0.15, 0.2) is 68.7 Å². The number of halogens is 3. The summed E-state index contributed by atoms with van der Waals surface area (Å²) in [4.78, 5) is 24.5. The summed E-state index contributed by atoms with van der Waals surface area (Å²) in [5.41, 5.74) is 3.35. The molecule has 0 saturated heterocycles. The van der Waals surface area contributed by atoms with E-state index in [0.717, 1.165) is 23.3 Å². The molecule has 31 heavy (non-hydrogen) atoms. The molecule has 0 saturated carbocycles. The van der Waals surface area contributed by atoms with Gasteiger partial charge >= 0.3 is 12.1 Å². The first-order valence-corrected chi connectivity index (χ1v) is 9.39. The number of aromatic nitrogens is 2. The van der Waals surface area contributed by atoms with Crippen molar-refractivity contribution in [2.45, 2.75) is 26.8 Å². The third-order valence-corrected chi connectivity index (χ3v) is 4.90. The second-order valence-electron chi connectivity index (χ2n) is 6.91. The summed E-state index contributed by atoms with van der Waals surface area (Å²) in [7, 11) is 0. The van der Waals surface area contributed by atoms with E-state index in [1.54, 1.807) is 31.3 Å². The maximum Gasteiger partial charge on any atom is 0.573 e. The van der Waals surface area contributed by atoms with Gasteiger partial charge in [0.2, 0.25) is 0 Å². The molecule has 0 aliphatic heterocycles. The molecular weight excluding hydrogens is 413 g/mol. The van der Waals surface area contributed by atoms with Gasteiger partial charge in [0, 0.05) is 30.1 Å². The van der Waals surface area contributed by atoms with E-state index in [1.165, 1.54) is 27.3 Å². The van der Waals surface area contributed by atoms with E-state index in [0.29, 0.717) is 28.9 Å². The molecular formula is C22H17F3N2O4. The molecule has 4 aromatic rings. The van der Waals surface area contributed by atoms with Crippen LogP contribution in [0.2, 0.25) is 0 Å². The van der Waals surface area contributed by atoms with Gasteiger partial charge in [-0.3, -0.25) is 13.9 Å². The third kappa shape index (κ3) is 3.98. The van der Waals surface area contributed by atoms with Gasteiger partial charge in [-0.15, -0.1) is 13.2 Å². The second-order valence-corrected chi connectivity index (χ2v) is 6.91. The lowest BCUT2D eigenvalue weighted by Crippen LogP contribution is -2.19. The number of hydrogen-bond acceptors (Lipinski definition) is 4. The van der Waals surface area contributed by atoms with Crippen LogP contribution in [0.5, 0.6) is 5.75 Å². The largest absolute Gasteiger partial charge is 0.573 e. The summed E-state index contributed by atoms with van der Waals surface area (Å²) < 4.78 is 49.1. The molecule has 0 radical (unpaired) electrons. The van der Waals surface area contributed by atoms with Crippen LogP contribution in [0.3, 0.4) is 0 Å². The molecule has 2 aromatic carbocycles. The van der Waals surface area contributed by atoms with Gasteiger partial charge < -0.3 is 9.15 Å². The molecule has 2 heterocycles. The molecule has 0 aliphatic rings. The summed E-state index contributed by atoms with van der Waals surface area (Å²) in [5, 5.41) is 0. The van der Waals surface area contributed by atoms with Crippen LogP contribution in [0.1, 0.15) is 12.5 Å². The normalized spacial score (nSPS) is 11.8. The summed E-state index contributed by atoms with van der Waals surface area (Å²) in [6.45, 7) is 4.06. The number of benzene rings is 2. The molecule has 0 atom stereocenters. The van der Waals surface area contributed by atoms with Crippen molar-refractivity contribution in [3.8, 4) is 22.6 Å². The average Bonchev–Trinajstić information content (AvgIpc) is 3.02. The number of oxazole rings is 1. The summed E-state index contributed by atoms with van der Waals surface area (Å²) >= 11 is 0. The van der Waals surface area contributed by atoms with Gasteiger partial charge in [-0.2, -0.15) is 0 Å². The van der Waals surface area contributed by atoms with Crippen LogP contribution in [0, 0.1) is 6.92 Å². The van der Waals surface area contributed by atoms with Crippen molar-refractivity contribution < 1.29 is 22.3 Å². The first-order chi connectivity index (χ1) is 14.7. The van der Waals surface area contributed by atoms with Crippen LogP contribution >= 0.6 is 0 Å².